The molecule has 6 heteroatoms. The van der Waals surface area contributed by atoms with Gasteiger partial charge in [-0.05, 0) is 36.6 Å². The van der Waals surface area contributed by atoms with Gasteiger partial charge in [0, 0.05) is 18.2 Å². The Morgan fingerprint density at radius 1 is 1.45 bits per heavy atom. The van der Waals surface area contributed by atoms with E-state index in [4.69, 9.17) is 9.84 Å². The molecule has 1 aromatic rings. The molecule has 22 heavy (non-hydrogen) atoms. The fourth-order valence-electron chi connectivity index (χ4n) is 2.55. The summed E-state index contributed by atoms with van der Waals surface area (Å²) >= 11 is 0. The van der Waals surface area contributed by atoms with Crippen molar-refractivity contribution in [1.82, 2.24) is 4.90 Å². The number of aliphatic hydroxyl groups excluding tert-OH is 1. The Morgan fingerprint density at radius 3 is 3.00 bits per heavy atom. The maximum atomic E-state index is 12.2. The summed E-state index contributed by atoms with van der Waals surface area (Å²) in [6, 6.07) is 4.69. The number of amides is 1. The van der Waals surface area contributed by atoms with E-state index in [2.05, 4.69) is 0 Å². The van der Waals surface area contributed by atoms with E-state index in [0.717, 1.165) is 18.4 Å². The van der Waals surface area contributed by atoms with Crippen molar-refractivity contribution in [2.45, 2.75) is 25.5 Å². The van der Waals surface area contributed by atoms with Gasteiger partial charge in [0.2, 0.25) is 5.91 Å². The van der Waals surface area contributed by atoms with Gasteiger partial charge < -0.3 is 19.8 Å². The van der Waals surface area contributed by atoms with Crippen molar-refractivity contribution in [1.29, 1.82) is 0 Å². The van der Waals surface area contributed by atoms with E-state index in [9.17, 15) is 14.7 Å². The molecular formula is C16H19NO5. The third-order valence-electron chi connectivity index (χ3n) is 3.71. The molecule has 1 aromatic carbocycles. The van der Waals surface area contributed by atoms with Crippen LogP contribution in [0.2, 0.25) is 0 Å². The molecule has 0 aliphatic carbocycles. The second-order valence-electron chi connectivity index (χ2n) is 5.14. The topological polar surface area (TPSA) is 87.1 Å². The lowest BCUT2D eigenvalue weighted by Crippen LogP contribution is -2.37. The van der Waals surface area contributed by atoms with E-state index in [-0.39, 0.29) is 30.9 Å². The molecule has 118 valence electrons. The number of aliphatic hydroxyl groups is 1. The van der Waals surface area contributed by atoms with Gasteiger partial charge in [0.05, 0.1) is 12.6 Å². The number of carbonyl (C=O) groups is 2. The lowest BCUT2D eigenvalue weighted by molar-refractivity contribution is -0.134. The highest BCUT2D eigenvalue weighted by molar-refractivity contribution is 5.92. The molecule has 1 saturated heterocycles. The number of carbonyl (C=O) groups excluding carboxylic acids is 2. The predicted molar refractivity (Wildman–Crippen MR) is 79.8 cm³/mol. The highest BCUT2D eigenvalue weighted by atomic mass is 16.5. The van der Waals surface area contributed by atoms with E-state index < -0.39 is 0 Å². The maximum Gasteiger partial charge on any atom is 0.293 e. The van der Waals surface area contributed by atoms with E-state index in [1.807, 2.05) is 0 Å². The van der Waals surface area contributed by atoms with Crippen LogP contribution in [0.4, 0.5) is 0 Å². The monoisotopic (exact) mass is 305 g/mol. The quantitative estimate of drug-likeness (QED) is 0.606. The van der Waals surface area contributed by atoms with Gasteiger partial charge in [0.15, 0.2) is 0 Å². The molecule has 0 saturated carbocycles. The van der Waals surface area contributed by atoms with E-state index in [1.165, 1.54) is 12.1 Å². The second-order valence-corrected chi connectivity index (χ2v) is 5.14. The Kier molecular flexibility index (Phi) is 5.55. The lowest BCUT2D eigenvalue weighted by Gasteiger charge is -2.22. The van der Waals surface area contributed by atoms with Crippen LogP contribution in [0.15, 0.2) is 24.3 Å². The highest BCUT2D eigenvalue weighted by Gasteiger charge is 2.27. The fraction of sp³-hybridized carbons (Fsp3) is 0.375. The molecule has 2 N–H and O–H groups in total. The van der Waals surface area contributed by atoms with Crippen LogP contribution >= 0.6 is 0 Å². The van der Waals surface area contributed by atoms with Crippen LogP contribution in [0.1, 0.15) is 24.0 Å². The van der Waals surface area contributed by atoms with E-state index >= 15 is 0 Å². The van der Waals surface area contributed by atoms with Crippen LogP contribution in [-0.4, -0.2) is 46.7 Å². The Bertz CT molecular complexity index is 570. The molecule has 0 bridgehead atoms. The zero-order valence-corrected chi connectivity index (χ0v) is 12.1. The molecule has 1 heterocycles. The molecular weight excluding hydrogens is 286 g/mol. The van der Waals surface area contributed by atoms with Crippen molar-refractivity contribution in [2.24, 2.45) is 0 Å². The molecule has 6 nitrogen and oxygen atoms in total. The Morgan fingerprint density at radius 2 is 2.27 bits per heavy atom. The average molecular weight is 305 g/mol. The van der Waals surface area contributed by atoms with Crippen LogP contribution in [0.25, 0.3) is 6.08 Å². The lowest BCUT2D eigenvalue weighted by atomic mass is 10.1. The van der Waals surface area contributed by atoms with Gasteiger partial charge in [0.1, 0.15) is 12.4 Å². The van der Waals surface area contributed by atoms with Gasteiger partial charge in [-0.1, -0.05) is 6.07 Å². The SMILES string of the molecule is O=COCC1CCCN1C(=O)/C=C/c1ccc(O)c(CO)c1. The van der Waals surface area contributed by atoms with Gasteiger partial charge in [-0.25, -0.2) is 0 Å². The summed E-state index contributed by atoms with van der Waals surface area (Å²) in [4.78, 5) is 24.2. The van der Waals surface area contributed by atoms with Crippen molar-refractivity contribution in [2.75, 3.05) is 13.2 Å². The van der Waals surface area contributed by atoms with Crippen molar-refractivity contribution in [3.63, 3.8) is 0 Å². The molecule has 1 atom stereocenters. The average Bonchev–Trinajstić information content (AvgIpc) is 3.00. The Hall–Kier alpha value is -2.34. The van der Waals surface area contributed by atoms with Gasteiger partial charge in [-0.15, -0.1) is 0 Å². The summed E-state index contributed by atoms with van der Waals surface area (Å²) in [5.74, 6) is -0.118. The van der Waals surface area contributed by atoms with Crippen molar-refractivity contribution in [3.05, 3.63) is 35.4 Å². The van der Waals surface area contributed by atoms with Crippen LogP contribution in [0.3, 0.4) is 0 Å². The fourth-order valence-corrected chi connectivity index (χ4v) is 2.55. The van der Waals surface area contributed by atoms with Crippen LogP contribution in [0, 0.1) is 0 Å². The molecule has 0 radical (unpaired) electrons. The second kappa shape index (κ2) is 7.61. The summed E-state index contributed by atoms with van der Waals surface area (Å²) < 4.78 is 4.75. The van der Waals surface area contributed by atoms with Gasteiger partial charge in [0.25, 0.3) is 6.47 Å². The molecule has 1 aliphatic rings. The minimum absolute atomic E-state index is 0.0246. The number of ether oxygens (including phenoxy) is 1. The number of rotatable bonds is 6. The molecule has 1 aliphatic heterocycles. The predicted octanol–water partition coefficient (Wildman–Crippen LogP) is 1.06. The van der Waals surface area contributed by atoms with Crippen molar-refractivity contribution >= 4 is 18.5 Å². The number of aromatic hydroxyl groups is 1. The molecule has 1 unspecified atom stereocenters. The first kappa shape index (κ1) is 16.0. The Labute approximate surface area is 128 Å². The van der Waals surface area contributed by atoms with Crippen LogP contribution < -0.4 is 0 Å². The minimum Gasteiger partial charge on any atom is -0.508 e. The number of nitrogens with zero attached hydrogens (tertiary/aromatic N) is 1. The number of benzene rings is 1. The number of likely N-dealkylation sites (tertiary alicyclic amines) is 1. The third kappa shape index (κ3) is 3.85. The van der Waals surface area contributed by atoms with E-state index in [1.54, 1.807) is 23.1 Å². The van der Waals surface area contributed by atoms with E-state index in [0.29, 0.717) is 18.6 Å². The molecule has 0 spiro atoms. The minimum atomic E-state index is -0.265. The number of hydrogen-bond donors (Lipinski definition) is 2. The first-order valence-electron chi connectivity index (χ1n) is 7.12. The molecule has 1 amide bonds. The molecule has 1 fully saturated rings. The highest BCUT2D eigenvalue weighted by Crippen LogP contribution is 2.20. The van der Waals surface area contributed by atoms with Crippen LogP contribution in [-0.2, 0) is 20.9 Å². The number of phenols is 1. The number of hydrogen-bond acceptors (Lipinski definition) is 5. The standard InChI is InChI=1S/C16H19NO5/c18-9-13-8-12(3-5-15(13)20)4-6-16(21)17-7-1-2-14(17)10-22-11-19/h3-6,8,11,14,18,20H,1-2,7,9-10H2/b6-4+. The van der Waals surface area contributed by atoms with Crippen molar-refractivity contribution in [3.8, 4) is 5.75 Å². The summed E-state index contributed by atoms with van der Waals surface area (Å²) in [6.45, 7) is 0.993. The summed E-state index contributed by atoms with van der Waals surface area (Å²) in [6.07, 6.45) is 4.80. The molecule has 2 rings (SSSR count). The zero-order valence-electron chi connectivity index (χ0n) is 12.1. The van der Waals surface area contributed by atoms with Crippen molar-refractivity contribution < 1.29 is 24.5 Å². The normalized spacial score (nSPS) is 17.9. The van der Waals surface area contributed by atoms with Crippen LogP contribution in [0.5, 0.6) is 5.75 Å². The smallest absolute Gasteiger partial charge is 0.293 e. The summed E-state index contributed by atoms with van der Waals surface area (Å²) in [5.41, 5.74) is 1.13. The molecule has 0 aromatic heterocycles. The maximum absolute atomic E-state index is 12.2. The first-order valence-corrected chi connectivity index (χ1v) is 7.12. The Balaban J connectivity index is 2.02. The van der Waals surface area contributed by atoms with Gasteiger partial charge in [-0.3, -0.25) is 9.59 Å². The summed E-state index contributed by atoms with van der Waals surface area (Å²) in [7, 11) is 0. The third-order valence-corrected chi connectivity index (χ3v) is 3.71. The first-order chi connectivity index (χ1) is 10.7. The largest absolute Gasteiger partial charge is 0.508 e. The zero-order chi connectivity index (χ0) is 15.9. The van der Waals surface area contributed by atoms with Gasteiger partial charge >= 0.3 is 0 Å². The van der Waals surface area contributed by atoms with Gasteiger partial charge in [-0.2, -0.15) is 0 Å². The summed E-state index contributed by atoms with van der Waals surface area (Å²) in [5, 5.41) is 18.6.